The second kappa shape index (κ2) is 6.43. The molecular formula is C18H24N4O2. The van der Waals surface area contributed by atoms with Gasteiger partial charge in [-0.2, -0.15) is 0 Å². The van der Waals surface area contributed by atoms with Gasteiger partial charge in [-0.3, -0.25) is 9.69 Å². The zero-order chi connectivity index (χ0) is 16.5. The van der Waals surface area contributed by atoms with Crippen LogP contribution in [0.3, 0.4) is 0 Å². The predicted octanol–water partition coefficient (Wildman–Crippen LogP) is 2.03. The summed E-state index contributed by atoms with van der Waals surface area (Å²) in [6, 6.07) is 3.87. The SMILES string of the molecule is Cn1cnc2c1[C@H](C(=O)NCC1CCC1)CN(Cc1ccco1)C2. The molecule has 1 N–H and O–H groups in total. The van der Waals surface area contributed by atoms with Gasteiger partial charge in [0.05, 0.1) is 36.4 Å². The lowest BCUT2D eigenvalue weighted by molar-refractivity contribution is -0.123. The molecule has 1 atom stereocenters. The van der Waals surface area contributed by atoms with Crippen molar-refractivity contribution in [1.82, 2.24) is 19.8 Å². The van der Waals surface area contributed by atoms with Crippen LogP contribution in [0.15, 0.2) is 29.1 Å². The van der Waals surface area contributed by atoms with Gasteiger partial charge in [-0.05, 0) is 30.9 Å². The largest absolute Gasteiger partial charge is 0.468 e. The Kier molecular flexibility index (Phi) is 4.14. The molecular weight excluding hydrogens is 304 g/mol. The van der Waals surface area contributed by atoms with Crippen molar-refractivity contribution in [1.29, 1.82) is 0 Å². The monoisotopic (exact) mass is 328 g/mol. The van der Waals surface area contributed by atoms with Gasteiger partial charge in [-0.25, -0.2) is 4.98 Å². The van der Waals surface area contributed by atoms with E-state index in [4.69, 9.17) is 4.42 Å². The van der Waals surface area contributed by atoms with E-state index in [-0.39, 0.29) is 11.8 Å². The van der Waals surface area contributed by atoms with Crippen LogP contribution in [-0.4, -0.2) is 33.4 Å². The van der Waals surface area contributed by atoms with Crippen LogP contribution >= 0.6 is 0 Å². The smallest absolute Gasteiger partial charge is 0.230 e. The number of carbonyl (C=O) groups excluding carboxylic acids is 1. The topological polar surface area (TPSA) is 63.3 Å². The zero-order valence-corrected chi connectivity index (χ0v) is 14.1. The van der Waals surface area contributed by atoms with Crippen molar-refractivity contribution in [3.63, 3.8) is 0 Å². The van der Waals surface area contributed by atoms with Crippen LogP contribution in [0.1, 0.15) is 42.3 Å². The number of hydrogen-bond donors (Lipinski definition) is 1. The van der Waals surface area contributed by atoms with Gasteiger partial charge >= 0.3 is 0 Å². The highest BCUT2D eigenvalue weighted by atomic mass is 16.3. The fourth-order valence-corrected chi connectivity index (χ4v) is 3.69. The summed E-state index contributed by atoms with van der Waals surface area (Å²) >= 11 is 0. The van der Waals surface area contributed by atoms with Gasteiger partial charge in [-0.15, -0.1) is 0 Å². The first-order chi connectivity index (χ1) is 11.7. The van der Waals surface area contributed by atoms with Gasteiger partial charge in [0.25, 0.3) is 0 Å². The first kappa shape index (κ1) is 15.4. The highest BCUT2D eigenvalue weighted by Crippen LogP contribution is 2.29. The van der Waals surface area contributed by atoms with Crippen molar-refractivity contribution in [3.8, 4) is 0 Å². The van der Waals surface area contributed by atoms with E-state index < -0.39 is 0 Å². The summed E-state index contributed by atoms with van der Waals surface area (Å²) in [5.74, 6) is 1.54. The lowest BCUT2D eigenvalue weighted by Crippen LogP contribution is -2.43. The quantitative estimate of drug-likeness (QED) is 0.912. The van der Waals surface area contributed by atoms with Crippen molar-refractivity contribution in [2.45, 2.75) is 38.3 Å². The van der Waals surface area contributed by atoms with Crippen molar-refractivity contribution in [2.75, 3.05) is 13.1 Å². The summed E-state index contributed by atoms with van der Waals surface area (Å²) in [7, 11) is 1.97. The molecule has 1 aliphatic heterocycles. The van der Waals surface area contributed by atoms with Crippen molar-refractivity contribution < 1.29 is 9.21 Å². The summed E-state index contributed by atoms with van der Waals surface area (Å²) in [5, 5.41) is 3.16. The van der Waals surface area contributed by atoms with Gasteiger partial charge in [0.1, 0.15) is 5.76 Å². The number of aromatic nitrogens is 2. The standard InChI is InChI=1S/C18H24N4O2/c1-21-12-20-16-11-22(9-14-6-3-7-24-14)10-15(17(16)21)18(23)19-8-13-4-2-5-13/h3,6-7,12-13,15H,2,4-5,8-11H2,1H3,(H,19,23)/t15-/m1/s1. The Balaban J connectivity index is 1.49. The molecule has 0 aromatic carbocycles. The normalized spacial score (nSPS) is 21.3. The summed E-state index contributed by atoms with van der Waals surface area (Å²) in [6.07, 6.45) is 7.29. The van der Waals surface area contributed by atoms with E-state index in [1.54, 1.807) is 6.26 Å². The van der Waals surface area contributed by atoms with Crippen LogP contribution in [0, 0.1) is 5.92 Å². The average Bonchev–Trinajstić information content (AvgIpc) is 3.15. The molecule has 3 heterocycles. The molecule has 24 heavy (non-hydrogen) atoms. The molecule has 0 bridgehead atoms. The number of aryl methyl sites for hydroxylation is 1. The third kappa shape index (κ3) is 2.98. The molecule has 6 heteroatoms. The Bertz CT molecular complexity index is 703. The minimum atomic E-state index is -0.170. The first-order valence-corrected chi connectivity index (χ1v) is 8.73. The molecule has 4 rings (SSSR count). The molecule has 0 saturated heterocycles. The second-order valence-electron chi connectivity index (χ2n) is 7.03. The summed E-state index contributed by atoms with van der Waals surface area (Å²) in [4.78, 5) is 19.5. The number of fused-ring (bicyclic) bond motifs is 1. The molecule has 0 radical (unpaired) electrons. The van der Waals surface area contributed by atoms with Gasteiger partial charge in [0.15, 0.2) is 0 Å². The molecule has 0 spiro atoms. The first-order valence-electron chi connectivity index (χ1n) is 8.73. The fraction of sp³-hybridized carbons (Fsp3) is 0.556. The third-order valence-corrected chi connectivity index (χ3v) is 5.27. The molecule has 2 aliphatic rings. The Morgan fingerprint density at radius 1 is 1.46 bits per heavy atom. The van der Waals surface area contributed by atoms with Crippen molar-refractivity contribution in [2.24, 2.45) is 13.0 Å². The van der Waals surface area contributed by atoms with E-state index in [2.05, 4.69) is 15.2 Å². The summed E-state index contributed by atoms with van der Waals surface area (Å²) in [5.41, 5.74) is 2.05. The highest BCUT2D eigenvalue weighted by Gasteiger charge is 2.34. The van der Waals surface area contributed by atoms with Crippen molar-refractivity contribution in [3.05, 3.63) is 41.9 Å². The van der Waals surface area contributed by atoms with Crippen LogP contribution in [-0.2, 0) is 24.9 Å². The van der Waals surface area contributed by atoms with Gasteiger partial charge in [0.2, 0.25) is 5.91 Å². The molecule has 2 aromatic heterocycles. The Morgan fingerprint density at radius 2 is 2.33 bits per heavy atom. The van der Waals surface area contributed by atoms with Gasteiger partial charge in [-0.1, -0.05) is 6.42 Å². The van der Waals surface area contributed by atoms with Gasteiger partial charge in [0, 0.05) is 26.7 Å². The third-order valence-electron chi connectivity index (χ3n) is 5.27. The fourth-order valence-electron chi connectivity index (χ4n) is 3.69. The minimum Gasteiger partial charge on any atom is -0.468 e. The molecule has 1 aliphatic carbocycles. The number of nitrogens with one attached hydrogen (secondary N) is 1. The highest BCUT2D eigenvalue weighted by molar-refractivity contribution is 5.84. The van der Waals surface area contributed by atoms with Crippen LogP contribution in [0.5, 0.6) is 0 Å². The van der Waals surface area contributed by atoms with E-state index in [0.29, 0.717) is 19.0 Å². The maximum atomic E-state index is 12.8. The van der Waals surface area contributed by atoms with Gasteiger partial charge < -0.3 is 14.3 Å². The molecule has 0 unspecified atom stereocenters. The number of rotatable bonds is 5. The number of imidazole rings is 1. The van der Waals surface area contributed by atoms with E-state index >= 15 is 0 Å². The van der Waals surface area contributed by atoms with Crippen LogP contribution in [0.2, 0.25) is 0 Å². The van der Waals surface area contributed by atoms with E-state index in [1.807, 2.05) is 30.1 Å². The number of amides is 1. The van der Waals surface area contributed by atoms with E-state index in [9.17, 15) is 4.79 Å². The predicted molar refractivity (Wildman–Crippen MR) is 89.1 cm³/mol. The van der Waals surface area contributed by atoms with Crippen LogP contribution < -0.4 is 5.32 Å². The van der Waals surface area contributed by atoms with Crippen LogP contribution in [0.4, 0.5) is 0 Å². The molecule has 1 fully saturated rings. The van der Waals surface area contributed by atoms with E-state index in [1.165, 1.54) is 19.3 Å². The molecule has 128 valence electrons. The van der Waals surface area contributed by atoms with E-state index in [0.717, 1.165) is 30.2 Å². The zero-order valence-electron chi connectivity index (χ0n) is 14.1. The second-order valence-corrected chi connectivity index (χ2v) is 7.03. The average molecular weight is 328 g/mol. The number of hydrogen-bond acceptors (Lipinski definition) is 4. The molecule has 1 amide bonds. The maximum Gasteiger partial charge on any atom is 0.230 e. The Morgan fingerprint density at radius 3 is 3.04 bits per heavy atom. The van der Waals surface area contributed by atoms with Crippen molar-refractivity contribution >= 4 is 5.91 Å². The number of furan rings is 1. The summed E-state index contributed by atoms with van der Waals surface area (Å²) in [6.45, 7) is 2.96. The lowest BCUT2D eigenvalue weighted by Gasteiger charge is -2.32. The number of carbonyl (C=O) groups is 1. The Hall–Kier alpha value is -2.08. The maximum absolute atomic E-state index is 12.8. The lowest BCUT2D eigenvalue weighted by atomic mass is 9.85. The van der Waals surface area contributed by atoms with Crippen LogP contribution in [0.25, 0.3) is 0 Å². The summed E-state index contributed by atoms with van der Waals surface area (Å²) < 4.78 is 7.45. The molecule has 1 saturated carbocycles. The number of nitrogens with zero attached hydrogens (tertiary/aromatic N) is 3. The molecule has 6 nitrogen and oxygen atoms in total. The Labute approximate surface area is 141 Å². The molecule has 2 aromatic rings. The minimum absolute atomic E-state index is 0.121.